The third-order valence-electron chi connectivity index (χ3n) is 2.22. The Balaban J connectivity index is 0. The normalized spacial score (nSPS) is 18.9. The van der Waals surface area contributed by atoms with Crippen LogP contribution in [0.3, 0.4) is 0 Å². The Morgan fingerprint density at radius 2 is 2.00 bits per heavy atom. The van der Waals surface area contributed by atoms with Gasteiger partial charge in [-0.05, 0) is 6.08 Å². The van der Waals surface area contributed by atoms with Crippen LogP contribution in [-0.2, 0) is 4.70 Å². The van der Waals surface area contributed by atoms with E-state index in [4.69, 9.17) is 9.42 Å². The minimum absolute atomic E-state index is 1.15. The van der Waals surface area contributed by atoms with E-state index in [1.807, 2.05) is 6.08 Å². The molecule has 4 heteroatoms. The topological polar surface area (TPSA) is 17.1 Å². The van der Waals surface area contributed by atoms with Gasteiger partial charge in [0.25, 0.3) is 1.45 Å². The second-order valence-corrected chi connectivity index (χ2v) is 3.25. The molecule has 0 aromatic rings. The average molecular weight is 174 g/mol. The van der Waals surface area contributed by atoms with Crippen molar-refractivity contribution in [1.29, 1.82) is 1.45 Å². The van der Waals surface area contributed by atoms with Crippen molar-refractivity contribution in [3.8, 4) is 0 Å². The molecule has 0 bridgehead atoms. The van der Waals surface area contributed by atoms with Gasteiger partial charge in [-0.3, -0.25) is 4.72 Å². The van der Waals surface area contributed by atoms with Gasteiger partial charge in [0.2, 0.25) is 0 Å². The molecule has 1 aliphatic rings. The SMILES string of the molecule is C=CC[N+]1(C)CCCC1.[2H]F.[B]=O. The number of hydrogen-bond donors (Lipinski definition) is 0. The summed E-state index contributed by atoms with van der Waals surface area (Å²) in [5.41, 5.74) is 0. The first-order chi connectivity index (χ1) is 6.27. The van der Waals surface area contributed by atoms with Gasteiger partial charge in [-0.25, -0.2) is 0 Å². The van der Waals surface area contributed by atoms with Crippen molar-refractivity contribution in [2.45, 2.75) is 12.8 Å². The molecular weight excluding hydrogens is 156 g/mol. The van der Waals surface area contributed by atoms with E-state index in [-0.39, 0.29) is 0 Å². The van der Waals surface area contributed by atoms with E-state index in [9.17, 15) is 0 Å². The van der Waals surface area contributed by atoms with Crippen molar-refractivity contribution in [2.75, 3.05) is 26.7 Å². The van der Waals surface area contributed by atoms with Crippen LogP contribution in [0.5, 0.6) is 0 Å². The van der Waals surface area contributed by atoms with Crippen molar-refractivity contribution >= 4 is 7.72 Å². The van der Waals surface area contributed by atoms with Gasteiger partial charge in [-0.15, -0.1) is 0 Å². The molecule has 0 aromatic heterocycles. The van der Waals surface area contributed by atoms with Gasteiger partial charge in [0, 0.05) is 12.8 Å². The maximum atomic E-state index is 8.75. The third-order valence-corrected chi connectivity index (χ3v) is 2.22. The molecule has 0 atom stereocenters. The van der Waals surface area contributed by atoms with Crippen molar-refractivity contribution in [1.82, 2.24) is 0 Å². The second kappa shape index (κ2) is 7.16. The number of likely N-dealkylation sites (tertiary alicyclic amines) is 1. The molecular formula is C8H17BFNO+. The molecule has 2 nitrogen and oxygen atoms in total. The van der Waals surface area contributed by atoms with Gasteiger partial charge in [-0.1, -0.05) is 6.58 Å². The Hall–Kier alpha value is -0.505. The van der Waals surface area contributed by atoms with E-state index < -0.39 is 0 Å². The molecule has 12 heavy (non-hydrogen) atoms. The summed E-state index contributed by atoms with van der Waals surface area (Å²) in [4.78, 5) is 0. The van der Waals surface area contributed by atoms with E-state index in [2.05, 4.69) is 22.8 Å². The van der Waals surface area contributed by atoms with E-state index in [0.29, 0.717) is 0 Å². The van der Waals surface area contributed by atoms with Gasteiger partial charge in [0.15, 0.2) is 0 Å². The summed E-state index contributed by atoms with van der Waals surface area (Å²) in [6, 6.07) is 0. The van der Waals surface area contributed by atoms with Gasteiger partial charge in [0.05, 0.1) is 26.7 Å². The molecule has 0 spiro atoms. The molecule has 1 radical (unpaired) electrons. The van der Waals surface area contributed by atoms with Crippen LogP contribution in [0.2, 0.25) is 0 Å². The maximum absolute atomic E-state index is 8.75. The fraction of sp³-hybridized carbons (Fsp3) is 0.750. The monoisotopic (exact) mass is 174 g/mol. The van der Waals surface area contributed by atoms with E-state index in [0.717, 1.165) is 6.54 Å². The van der Waals surface area contributed by atoms with Crippen LogP contribution in [-0.4, -0.2) is 40.3 Å². The second-order valence-electron chi connectivity index (χ2n) is 3.25. The van der Waals surface area contributed by atoms with E-state index in [1.54, 1.807) is 0 Å². The standard InChI is InChI=1S/C8H16N.BO.FH/c1-3-6-9(2)7-4-5-8-9;1-2;/h3H,1,4-8H2,2H3;;1H/q+1;;/i/hD. The Labute approximate surface area is 76.2 Å². The molecule has 1 aliphatic heterocycles. The zero-order valence-corrected chi connectivity index (χ0v) is 7.63. The van der Waals surface area contributed by atoms with Gasteiger partial charge in [0.1, 0.15) is 0 Å². The molecule has 0 aliphatic carbocycles. The van der Waals surface area contributed by atoms with Crippen LogP contribution in [0.1, 0.15) is 12.8 Å². The Bertz CT molecular complexity index is 131. The molecule has 1 heterocycles. The molecule has 1 rings (SSSR count). The molecule has 69 valence electrons. The van der Waals surface area contributed by atoms with Gasteiger partial charge >= 0.3 is 12.4 Å². The quantitative estimate of drug-likeness (QED) is 0.347. The zero-order chi connectivity index (χ0) is 10.7. The number of quaternary nitrogens is 1. The fourth-order valence-corrected chi connectivity index (χ4v) is 1.59. The van der Waals surface area contributed by atoms with Crippen LogP contribution in [0.15, 0.2) is 12.7 Å². The number of hydrogen-bond acceptors (Lipinski definition) is 1. The van der Waals surface area contributed by atoms with Crippen molar-refractivity contribution in [2.24, 2.45) is 0 Å². The zero-order valence-electron chi connectivity index (χ0n) is 8.63. The van der Waals surface area contributed by atoms with Gasteiger partial charge in [-0.2, -0.15) is 0 Å². The summed E-state index contributed by atoms with van der Waals surface area (Å²) in [6.07, 6.45) is 4.85. The van der Waals surface area contributed by atoms with Crippen LogP contribution < -0.4 is 0 Å². The molecule has 1 saturated heterocycles. The Kier molecular flexibility index (Phi) is 6.86. The number of rotatable bonds is 2. The summed E-state index contributed by atoms with van der Waals surface area (Å²) in [7, 11) is 5.56. The molecule has 1 fully saturated rings. The van der Waals surface area contributed by atoms with Crippen LogP contribution >= 0.6 is 0 Å². The minimum atomic E-state index is 1.15. The Morgan fingerprint density at radius 3 is 2.33 bits per heavy atom. The summed E-state index contributed by atoms with van der Waals surface area (Å²) in [5, 5.41) is 0. The summed E-state index contributed by atoms with van der Waals surface area (Å²) in [6.45, 7) is 7.61. The fourth-order valence-electron chi connectivity index (χ4n) is 1.59. The number of halogens is 1. The van der Waals surface area contributed by atoms with Crippen LogP contribution in [0, 0.1) is 0 Å². The Morgan fingerprint density at radius 1 is 1.58 bits per heavy atom. The molecule has 0 saturated carbocycles. The van der Waals surface area contributed by atoms with E-state index in [1.165, 1.54) is 30.4 Å². The first-order valence-corrected chi connectivity index (χ1v) is 3.95. The number of likely N-dealkylation sites (N-methyl/N-ethyl adjacent to an activating group) is 1. The van der Waals surface area contributed by atoms with Gasteiger partial charge < -0.3 is 4.48 Å². The summed E-state index contributed by atoms with van der Waals surface area (Å²) in [5.74, 6) is 0. The summed E-state index contributed by atoms with van der Waals surface area (Å²) >= 11 is 0. The van der Waals surface area contributed by atoms with Crippen molar-refractivity contribution in [3.05, 3.63) is 12.7 Å². The molecule has 0 unspecified atom stereocenters. The third kappa shape index (κ3) is 4.39. The first kappa shape index (κ1) is 11.5. The number of nitrogens with zero attached hydrogens (tertiary/aromatic N) is 1. The van der Waals surface area contributed by atoms with Crippen LogP contribution in [0.4, 0.5) is 4.72 Å². The molecule has 0 aromatic carbocycles. The predicted octanol–water partition coefficient (Wildman–Crippen LogP) is 1.07. The molecule has 0 N–H and O–H groups in total. The summed E-state index contributed by atoms with van der Waals surface area (Å²) < 4.78 is 22.0. The molecule has 0 amide bonds. The predicted molar refractivity (Wildman–Crippen MR) is 49.2 cm³/mol. The average Bonchev–Trinajstić information content (AvgIpc) is 2.60. The van der Waals surface area contributed by atoms with Crippen molar-refractivity contribution in [3.63, 3.8) is 0 Å². The first-order valence-electron chi connectivity index (χ1n) is 4.33. The van der Waals surface area contributed by atoms with Crippen molar-refractivity contribution < 1.29 is 13.9 Å². The van der Waals surface area contributed by atoms with Crippen LogP contribution in [0.25, 0.3) is 0 Å². The van der Waals surface area contributed by atoms with E-state index >= 15 is 0 Å².